The molecule has 0 aliphatic heterocycles. The molecule has 1 unspecified atom stereocenters. The van der Waals surface area contributed by atoms with E-state index < -0.39 is 6.10 Å². The van der Waals surface area contributed by atoms with Gasteiger partial charge in [-0.1, -0.05) is 23.7 Å². The Labute approximate surface area is 99.7 Å². The van der Waals surface area contributed by atoms with Crippen LogP contribution in [0.5, 0.6) is 0 Å². The highest BCUT2D eigenvalue weighted by Crippen LogP contribution is 2.10. The van der Waals surface area contributed by atoms with Crippen molar-refractivity contribution in [1.82, 2.24) is 5.32 Å². The second-order valence-corrected chi connectivity index (χ2v) is 3.92. The van der Waals surface area contributed by atoms with E-state index in [1.54, 1.807) is 25.1 Å². The molecule has 2 N–H and O–H groups in total. The van der Waals surface area contributed by atoms with Crippen molar-refractivity contribution in [3.05, 3.63) is 40.9 Å². The molecule has 0 saturated carbocycles. The summed E-state index contributed by atoms with van der Waals surface area (Å²) >= 11 is 5.73. The van der Waals surface area contributed by atoms with Gasteiger partial charge in [-0.2, -0.15) is 0 Å². The highest BCUT2D eigenvalue weighted by molar-refractivity contribution is 6.30. The first kappa shape index (κ1) is 12.7. The van der Waals surface area contributed by atoms with Gasteiger partial charge >= 0.3 is 0 Å². The van der Waals surface area contributed by atoms with E-state index in [1.807, 2.05) is 12.1 Å². The maximum Gasteiger partial charge on any atom is 0.244 e. The number of carbonyl (C=O) groups excluding carboxylic acids is 1. The Morgan fingerprint density at radius 3 is 2.69 bits per heavy atom. The van der Waals surface area contributed by atoms with Crippen molar-refractivity contribution in [1.29, 1.82) is 0 Å². The number of rotatable bonds is 4. The fraction of sp³-hybridized carbons (Fsp3) is 0.250. The van der Waals surface area contributed by atoms with E-state index in [0.717, 1.165) is 5.56 Å². The number of carbonyl (C=O) groups is 1. The number of amides is 1. The van der Waals surface area contributed by atoms with Gasteiger partial charge in [0.25, 0.3) is 0 Å². The lowest BCUT2D eigenvalue weighted by Crippen LogP contribution is -2.28. The van der Waals surface area contributed by atoms with Crippen molar-refractivity contribution in [2.45, 2.75) is 13.0 Å². The van der Waals surface area contributed by atoms with Crippen molar-refractivity contribution in [3.8, 4) is 0 Å². The van der Waals surface area contributed by atoms with Crippen LogP contribution in [0.4, 0.5) is 0 Å². The smallest absolute Gasteiger partial charge is 0.244 e. The van der Waals surface area contributed by atoms with Crippen LogP contribution in [0.15, 0.2) is 30.3 Å². The van der Waals surface area contributed by atoms with Crippen molar-refractivity contribution >= 4 is 23.6 Å². The number of hydrogen-bond donors (Lipinski definition) is 2. The maximum absolute atomic E-state index is 11.3. The lowest BCUT2D eigenvalue weighted by atomic mass is 10.2. The van der Waals surface area contributed by atoms with Gasteiger partial charge in [-0.15, -0.1) is 0 Å². The molecule has 0 radical (unpaired) electrons. The van der Waals surface area contributed by atoms with E-state index in [1.165, 1.54) is 6.08 Å². The number of hydrogen-bond acceptors (Lipinski definition) is 2. The summed E-state index contributed by atoms with van der Waals surface area (Å²) in [7, 11) is 0. The van der Waals surface area contributed by atoms with E-state index in [0.29, 0.717) is 5.02 Å². The molecule has 16 heavy (non-hydrogen) atoms. The van der Waals surface area contributed by atoms with Gasteiger partial charge in [0.05, 0.1) is 6.10 Å². The molecule has 0 heterocycles. The largest absolute Gasteiger partial charge is 0.392 e. The summed E-state index contributed by atoms with van der Waals surface area (Å²) < 4.78 is 0. The highest BCUT2D eigenvalue weighted by Gasteiger charge is 1.98. The predicted molar refractivity (Wildman–Crippen MR) is 65.2 cm³/mol. The number of aliphatic hydroxyl groups is 1. The first-order valence-electron chi connectivity index (χ1n) is 4.97. The molecule has 1 aromatic rings. The van der Waals surface area contributed by atoms with Crippen LogP contribution in [0.2, 0.25) is 5.02 Å². The summed E-state index contributed by atoms with van der Waals surface area (Å²) in [6, 6.07) is 7.16. The van der Waals surface area contributed by atoms with E-state index in [2.05, 4.69) is 5.32 Å². The molecule has 3 nitrogen and oxygen atoms in total. The molecule has 0 spiro atoms. The van der Waals surface area contributed by atoms with Crippen LogP contribution in [0.25, 0.3) is 6.08 Å². The van der Waals surface area contributed by atoms with Gasteiger partial charge in [0.1, 0.15) is 0 Å². The number of nitrogens with one attached hydrogen (secondary N) is 1. The molecule has 0 fully saturated rings. The average Bonchev–Trinajstić information content (AvgIpc) is 2.25. The third kappa shape index (κ3) is 4.96. The van der Waals surface area contributed by atoms with Crippen LogP contribution in [0.3, 0.4) is 0 Å². The van der Waals surface area contributed by atoms with E-state index >= 15 is 0 Å². The summed E-state index contributed by atoms with van der Waals surface area (Å²) in [5.74, 6) is -0.226. The zero-order valence-electron chi connectivity index (χ0n) is 8.98. The van der Waals surface area contributed by atoms with Gasteiger partial charge in [0, 0.05) is 17.6 Å². The van der Waals surface area contributed by atoms with Crippen LogP contribution >= 0.6 is 11.6 Å². The van der Waals surface area contributed by atoms with Crippen molar-refractivity contribution < 1.29 is 9.90 Å². The molecule has 86 valence electrons. The van der Waals surface area contributed by atoms with Crippen LogP contribution in [-0.4, -0.2) is 23.7 Å². The summed E-state index contributed by atoms with van der Waals surface area (Å²) in [5.41, 5.74) is 0.900. The SMILES string of the molecule is CC(O)CNC(=O)/C=C/c1ccc(Cl)cc1. The monoisotopic (exact) mass is 239 g/mol. The van der Waals surface area contributed by atoms with E-state index in [-0.39, 0.29) is 12.5 Å². The Morgan fingerprint density at radius 1 is 1.50 bits per heavy atom. The Kier molecular flexibility index (Phi) is 5.02. The fourth-order valence-corrected chi connectivity index (χ4v) is 1.18. The van der Waals surface area contributed by atoms with Gasteiger partial charge in [0.2, 0.25) is 5.91 Å². The van der Waals surface area contributed by atoms with Crippen LogP contribution in [-0.2, 0) is 4.79 Å². The standard InChI is InChI=1S/C12H14ClNO2/c1-9(15)8-14-12(16)7-4-10-2-5-11(13)6-3-10/h2-7,9,15H,8H2,1H3,(H,14,16)/b7-4+. The van der Waals surface area contributed by atoms with Gasteiger partial charge in [-0.3, -0.25) is 4.79 Å². The summed E-state index contributed by atoms with van der Waals surface area (Å²) in [6.07, 6.45) is 2.58. The third-order valence-electron chi connectivity index (χ3n) is 1.87. The van der Waals surface area contributed by atoms with E-state index in [9.17, 15) is 4.79 Å². The topological polar surface area (TPSA) is 49.3 Å². The highest BCUT2D eigenvalue weighted by atomic mass is 35.5. The first-order valence-corrected chi connectivity index (χ1v) is 5.35. The Balaban J connectivity index is 2.47. The molecule has 1 aromatic carbocycles. The van der Waals surface area contributed by atoms with Gasteiger partial charge in [-0.05, 0) is 30.7 Å². The summed E-state index contributed by atoms with van der Waals surface area (Å²) in [4.78, 5) is 11.3. The molecular weight excluding hydrogens is 226 g/mol. The minimum Gasteiger partial charge on any atom is -0.392 e. The maximum atomic E-state index is 11.3. The zero-order valence-corrected chi connectivity index (χ0v) is 9.74. The molecular formula is C12H14ClNO2. The molecule has 1 atom stereocenters. The van der Waals surface area contributed by atoms with Gasteiger partial charge in [0.15, 0.2) is 0 Å². The average molecular weight is 240 g/mol. The number of aliphatic hydroxyl groups excluding tert-OH is 1. The molecule has 1 rings (SSSR count). The second kappa shape index (κ2) is 6.30. The molecule has 0 saturated heterocycles. The molecule has 0 aromatic heterocycles. The second-order valence-electron chi connectivity index (χ2n) is 3.48. The quantitative estimate of drug-likeness (QED) is 0.788. The summed E-state index contributed by atoms with van der Waals surface area (Å²) in [6.45, 7) is 1.87. The minimum absolute atomic E-state index is 0.226. The fourth-order valence-electron chi connectivity index (χ4n) is 1.05. The zero-order chi connectivity index (χ0) is 12.0. The lowest BCUT2D eigenvalue weighted by Gasteiger charge is -2.03. The minimum atomic E-state index is -0.534. The Hall–Kier alpha value is -1.32. The summed E-state index contributed by atoms with van der Waals surface area (Å²) in [5, 5.41) is 12.2. The number of halogens is 1. The Bertz CT molecular complexity index is 371. The molecule has 1 amide bonds. The molecule has 0 aliphatic carbocycles. The first-order chi connectivity index (χ1) is 7.58. The molecule has 4 heteroatoms. The van der Waals surface area contributed by atoms with Crippen molar-refractivity contribution in [2.75, 3.05) is 6.54 Å². The lowest BCUT2D eigenvalue weighted by molar-refractivity contribution is -0.116. The molecule has 0 bridgehead atoms. The van der Waals surface area contributed by atoms with Crippen LogP contribution in [0.1, 0.15) is 12.5 Å². The van der Waals surface area contributed by atoms with Gasteiger partial charge < -0.3 is 10.4 Å². The third-order valence-corrected chi connectivity index (χ3v) is 2.12. The molecule has 0 aliphatic rings. The van der Waals surface area contributed by atoms with Crippen molar-refractivity contribution in [2.24, 2.45) is 0 Å². The van der Waals surface area contributed by atoms with Gasteiger partial charge in [-0.25, -0.2) is 0 Å². The van der Waals surface area contributed by atoms with Crippen molar-refractivity contribution in [3.63, 3.8) is 0 Å². The normalized spacial score (nSPS) is 12.7. The number of benzene rings is 1. The van der Waals surface area contributed by atoms with Crippen LogP contribution < -0.4 is 5.32 Å². The predicted octanol–water partition coefficient (Wildman–Crippen LogP) is 1.85. The van der Waals surface area contributed by atoms with Crippen LogP contribution in [0, 0.1) is 0 Å². The van der Waals surface area contributed by atoms with E-state index in [4.69, 9.17) is 16.7 Å². The Morgan fingerprint density at radius 2 is 2.12 bits per heavy atom.